The van der Waals surface area contributed by atoms with E-state index in [4.69, 9.17) is 4.74 Å². The van der Waals surface area contributed by atoms with Crippen molar-refractivity contribution in [3.05, 3.63) is 42.0 Å². The predicted molar refractivity (Wildman–Crippen MR) is 74.9 cm³/mol. The number of hydrogen-bond acceptors (Lipinski definition) is 3. The summed E-state index contributed by atoms with van der Waals surface area (Å²) in [5, 5.41) is 10.5. The summed E-state index contributed by atoms with van der Waals surface area (Å²) < 4.78 is 41.2. The minimum Gasteiger partial charge on any atom is -0.492 e. The number of aromatic carboxylic acids is 1. The van der Waals surface area contributed by atoms with Crippen molar-refractivity contribution in [3.63, 3.8) is 0 Å². The number of ether oxygens (including phenoxy) is 1. The molecule has 2 aromatic rings. The molecule has 0 aromatic heterocycles. The van der Waals surface area contributed by atoms with Gasteiger partial charge in [-0.1, -0.05) is 30.3 Å². The molecule has 0 spiro atoms. The van der Waals surface area contributed by atoms with Gasteiger partial charge < -0.3 is 9.84 Å². The second-order valence-corrected chi connectivity index (χ2v) is 5.27. The van der Waals surface area contributed by atoms with Crippen molar-refractivity contribution in [2.75, 3.05) is 12.4 Å². The summed E-state index contributed by atoms with van der Waals surface area (Å²) in [6.45, 7) is -0.219. The van der Waals surface area contributed by atoms with Crippen LogP contribution in [0.15, 0.2) is 36.4 Å². The van der Waals surface area contributed by atoms with E-state index in [1.54, 1.807) is 30.3 Å². The van der Waals surface area contributed by atoms with Crippen LogP contribution >= 0.6 is 11.8 Å². The first-order chi connectivity index (χ1) is 9.88. The lowest BCUT2D eigenvalue weighted by Crippen LogP contribution is -2.10. The Kier molecular flexibility index (Phi) is 4.62. The highest BCUT2D eigenvalue weighted by Crippen LogP contribution is 2.31. The number of carbonyl (C=O) groups is 1. The highest BCUT2D eigenvalue weighted by atomic mass is 32.2. The molecule has 2 aromatic carbocycles. The lowest BCUT2D eigenvalue weighted by atomic mass is 10.0. The maximum absolute atomic E-state index is 12.0. The minimum atomic E-state index is -4.32. The summed E-state index contributed by atoms with van der Waals surface area (Å²) in [5.74, 6) is -1.40. The van der Waals surface area contributed by atoms with Gasteiger partial charge in [-0.2, -0.15) is 13.2 Å². The molecule has 0 bridgehead atoms. The summed E-state index contributed by atoms with van der Waals surface area (Å²) in [7, 11) is 0. The Labute approximate surface area is 122 Å². The molecule has 0 fully saturated rings. The third-order valence-corrected chi connectivity index (χ3v) is 3.41. The summed E-state index contributed by atoms with van der Waals surface area (Å²) in [4.78, 5) is 11.4. The smallest absolute Gasteiger partial charge is 0.441 e. The molecule has 1 N–H and O–H groups in total. The molecule has 0 radical (unpaired) electrons. The van der Waals surface area contributed by atoms with Gasteiger partial charge in [0.25, 0.3) is 0 Å². The lowest BCUT2D eigenvalue weighted by Gasteiger charge is -2.12. The van der Waals surface area contributed by atoms with Gasteiger partial charge in [0.05, 0.1) is 6.61 Å². The van der Waals surface area contributed by atoms with Crippen LogP contribution in [0, 0.1) is 0 Å². The Morgan fingerprint density at radius 1 is 1.19 bits per heavy atom. The molecule has 21 heavy (non-hydrogen) atoms. The van der Waals surface area contributed by atoms with E-state index in [0.29, 0.717) is 5.39 Å². The van der Waals surface area contributed by atoms with Crippen LogP contribution in [0.2, 0.25) is 0 Å². The molecule has 0 aliphatic rings. The topological polar surface area (TPSA) is 46.5 Å². The second kappa shape index (κ2) is 6.26. The first-order valence-electron chi connectivity index (χ1n) is 5.97. The van der Waals surface area contributed by atoms with Crippen LogP contribution in [-0.4, -0.2) is 28.9 Å². The lowest BCUT2D eigenvalue weighted by molar-refractivity contribution is -0.0329. The molecule has 0 saturated carbocycles. The SMILES string of the molecule is O=C(O)c1c(OCCSC(F)(F)F)ccc2ccccc12. The number of rotatable bonds is 5. The number of carboxylic acid groups (broad SMARTS) is 1. The summed E-state index contributed by atoms with van der Waals surface area (Å²) >= 11 is -0.202. The zero-order valence-corrected chi connectivity index (χ0v) is 11.5. The van der Waals surface area contributed by atoms with Crippen molar-refractivity contribution in [3.8, 4) is 5.75 Å². The molecular weight excluding hydrogens is 305 g/mol. The fraction of sp³-hybridized carbons (Fsp3) is 0.214. The zero-order chi connectivity index (χ0) is 15.5. The Bertz CT molecular complexity index is 655. The third kappa shape index (κ3) is 4.04. The fourth-order valence-corrected chi connectivity index (χ4v) is 2.30. The highest BCUT2D eigenvalue weighted by molar-refractivity contribution is 8.00. The number of benzene rings is 2. The fourth-order valence-electron chi connectivity index (χ4n) is 1.90. The molecule has 112 valence electrons. The van der Waals surface area contributed by atoms with Crippen LogP contribution in [0.3, 0.4) is 0 Å². The maximum atomic E-state index is 12.0. The largest absolute Gasteiger partial charge is 0.492 e. The molecule has 2 rings (SSSR count). The van der Waals surface area contributed by atoms with Gasteiger partial charge in [-0.25, -0.2) is 4.79 Å². The van der Waals surface area contributed by atoms with Crippen molar-refractivity contribution in [2.24, 2.45) is 0 Å². The van der Waals surface area contributed by atoms with E-state index in [0.717, 1.165) is 5.39 Å². The molecule has 7 heteroatoms. The molecule has 0 heterocycles. The molecule has 0 unspecified atom stereocenters. The first kappa shape index (κ1) is 15.5. The number of fused-ring (bicyclic) bond motifs is 1. The number of carboxylic acids is 1. The quantitative estimate of drug-likeness (QED) is 0.841. The van der Waals surface area contributed by atoms with Gasteiger partial charge in [-0.3, -0.25) is 0 Å². The van der Waals surface area contributed by atoms with E-state index < -0.39 is 11.5 Å². The van der Waals surface area contributed by atoms with E-state index in [1.165, 1.54) is 6.07 Å². The normalized spacial score (nSPS) is 11.6. The minimum absolute atomic E-state index is 0.0369. The molecule has 0 amide bonds. The van der Waals surface area contributed by atoms with Crippen LogP contribution in [0.1, 0.15) is 10.4 Å². The predicted octanol–water partition coefficient (Wildman–Crippen LogP) is 4.17. The van der Waals surface area contributed by atoms with Crippen LogP contribution in [0.5, 0.6) is 5.75 Å². The monoisotopic (exact) mass is 316 g/mol. The Morgan fingerprint density at radius 3 is 2.57 bits per heavy atom. The molecule has 0 aliphatic carbocycles. The van der Waals surface area contributed by atoms with Crippen molar-refractivity contribution in [1.29, 1.82) is 0 Å². The van der Waals surface area contributed by atoms with Gasteiger partial charge in [0, 0.05) is 5.75 Å². The second-order valence-electron chi connectivity index (χ2n) is 4.11. The van der Waals surface area contributed by atoms with E-state index in [2.05, 4.69) is 0 Å². The van der Waals surface area contributed by atoms with Crippen LogP contribution in [0.25, 0.3) is 10.8 Å². The molecule has 0 saturated heterocycles. The van der Waals surface area contributed by atoms with Crippen molar-refractivity contribution in [2.45, 2.75) is 5.51 Å². The van der Waals surface area contributed by atoms with Gasteiger partial charge in [0.1, 0.15) is 11.3 Å². The van der Waals surface area contributed by atoms with Crippen LogP contribution in [0.4, 0.5) is 13.2 Å². The average Bonchev–Trinajstić information content (AvgIpc) is 2.41. The van der Waals surface area contributed by atoms with E-state index in [-0.39, 0.29) is 35.4 Å². The number of thioether (sulfide) groups is 1. The van der Waals surface area contributed by atoms with Gasteiger partial charge in [-0.15, -0.1) is 0 Å². The maximum Gasteiger partial charge on any atom is 0.441 e. The number of halogens is 3. The van der Waals surface area contributed by atoms with Gasteiger partial charge in [0.2, 0.25) is 0 Å². The summed E-state index contributed by atoms with van der Waals surface area (Å²) in [6.07, 6.45) is 0. The van der Waals surface area contributed by atoms with Crippen molar-refractivity contribution < 1.29 is 27.8 Å². The molecule has 0 aliphatic heterocycles. The van der Waals surface area contributed by atoms with Crippen LogP contribution in [-0.2, 0) is 0 Å². The standard InChI is InChI=1S/C14H11F3O3S/c15-14(16,17)21-8-7-20-11-6-5-9-3-1-2-4-10(9)12(11)13(18)19/h1-6H,7-8H2,(H,18,19). The number of hydrogen-bond donors (Lipinski definition) is 1. The summed E-state index contributed by atoms with van der Waals surface area (Å²) in [6, 6.07) is 9.99. The Balaban J connectivity index is 2.20. The van der Waals surface area contributed by atoms with E-state index >= 15 is 0 Å². The summed E-state index contributed by atoms with van der Waals surface area (Å²) in [5.41, 5.74) is -4.35. The highest BCUT2D eigenvalue weighted by Gasteiger charge is 2.27. The van der Waals surface area contributed by atoms with E-state index in [1.807, 2.05) is 0 Å². The van der Waals surface area contributed by atoms with Crippen LogP contribution < -0.4 is 4.74 Å². The Morgan fingerprint density at radius 2 is 1.90 bits per heavy atom. The number of alkyl halides is 3. The van der Waals surface area contributed by atoms with Gasteiger partial charge in [-0.05, 0) is 28.6 Å². The third-order valence-electron chi connectivity index (χ3n) is 2.71. The van der Waals surface area contributed by atoms with E-state index in [9.17, 15) is 23.1 Å². The molecule has 0 atom stereocenters. The average molecular weight is 316 g/mol. The van der Waals surface area contributed by atoms with Gasteiger partial charge in [0.15, 0.2) is 0 Å². The molecular formula is C14H11F3O3S. The molecule has 3 nitrogen and oxygen atoms in total. The van der Waals surface area contributed by atoms with Crippen molar-refractivity contribution >= 4 is 28.5 Å². The zero-order valence-electron chi connectivity index (χ0n) is 10.7. The Hall–Kier alpha value is -1.89. The van der Waals surface area contributed by atoms with Crippen molar-refractivity contribution in [1.82, 2.24) is 0 Å². The van der Waals surface area contributed by atoms with Gasteiger partial charge >= 0.3 is 11.5 Å². The first-order valence-corrected chi connectivity index (χ1v) is 6.95.